The fourth-order valence-electron chi connectivity index (χ4n) is 4.97. The van der Waals surface area contributed by atoms with E-state index in [2.05, 4.69) is 18.0 Å². The van der Waals surface area contributed by atoms with Gasteiger partial charge in [0.25, 0.3) is 0 Å². The quantitative estimate of drug-likeness (QED) is 0.767. The molecule has 1 aliphatic carbocycles. The van der Waals surface area contributed by atoms with Crippen LogP contribution in [-0.2, 0) is 9.53 Å². The number of aliphatic hydroxyl groups is 1. The molecule has 2 aliphatic rings. The fourth-order valence-corrected chi connectivity index (χ4v) is 4.97. The molecule has 1 saturated heterocycles. The van der Waals surface area contributed by atoms with Crippen LogP contribution in [0.5, 0.6) is 0 Å². The molecule has 2 heterocycles. The van der Waals surface area contributed by atoms with Crippen LogP contribution in [0.1, 0.15) is 38.8 Å². The molecule has 152 valence electrons. The number of carbonyl (C=O) groups excluding carboxylic acids is 1. The van der Waals surface area contributed by atoms with Crippen LogP contribution < -0.4 is 0 Å². The van der Waals surface area contributed by atoms with Crippen molar-refractivity contribution < 1.29 is 19.0 Å². The number of nitrogens with zero attached hydrogens (tertiary/aromatic N) is 1. The molecule has 5 atom stereocenters. The molecule has 5 unspecified atom stereocenters. The molecule has 0 amide bonds. The first-order valence-corrected chi connectivity index (χ1v) is 10.3. The lowest BCUT2D eigenvalue weighted by Gasteiger charge is -2.41. The lowest BCUT2D eigenvalue weighted by molar-refractivity contribution is -0.158. The molecular formula is C24H26FNO3. The van der Waals surface area contributed by atoms with Gasteiger partial charge in [-0.05, 0) is 61.4 Å². The highest BCUT2D eigenvalue weighted by atomic mass is 19.1. The molecule has 1 saturated carbocycles. The van der Waals surface area contributed by atoms with Crippen LogP contribution in [0.15, 0.2) is 48.7 Å². The number of rotatable bonds is 4. The van der Waals surface area contributed by atoms with Crippen LogP contribution in [0, 0.1) is 23.6 Å². The zero-order valence-electron chi connectivity index (χ0n) is 16.7. The van der Waals surface area contributed by atoms with Crippen molar-refractivity contribution in [3.05, 3.63) is 60.2 Å². The fraction of sp³-hybridized carbons (Fsp3) is 0.417. The van der Waals surface area contributed by atoms with Gasteiger partial charge in [0, 0.05) is 17.7 Å². The first-order valence-electron chi connectivity index (χ1n) is 10.3. The van der Waals surface area contributed by atoms with Gasteiger partial charge in [-0.1, -0.05) is 37.6 Å². The van der Waals surface area contributed by atoms with Crippen LogP contribution >= 0.6 is 0 Å². The van der Waals surface area contributed by atoms with E-state index in [1.54, 1.807) is 12.3 Å². The van der Waals surface area contributed by atoms with Gasteiger partial charge < -0.3 is 9.84 Å². The summed E-state index contributed by atoms with van der Waals surface area (Å²) in [5.74, 6) is -0.564. The summed E-state index contributed by atoms with van der Waals surface area (Å²) in [5.41, 5.74) is 1.04. The first-order chi connectivity index (χ1) is 13.9. The van der Waals surface area contributed by atoms with Gasteiger partial charge in [0.15, 0.2) is 5.60 Å². The summed E-state index contributed by atoms with van der Waals surface area (Å²) in [4.78, 5) is 16.7. The maximum atomic E-state index is 13.4. The molecule has 4 nitrogen and oxygen atoms in total. The standard InChI is InChI=1S/C24H26FNO3/c1-3-16-11-12-24(28)22(15(2)29-23(24)27)21(16)10-9-20-8-7-18(14-26-20)17-5-4-6-19(25)13-17/h4-10,13-16,21-22,28H,3,11-12H2,1-2H3/b10-9+. The second kappa shape index (κ2) is 7.71. The Kier molecular flexibility index (Phi) is 5.26. The Labute approximate surface area is 170 Å². The molecule has 2 fully saturated rings. The smallest absolute Gasteiger partial charge is 0.338 e. The van der Waals surface area contributed by atoms with Crippen molar-refractivity contribution in [3.63, 3.8) is 0 Å². The largest absolute Gasteiger partial charge is 0.460 e. The van der Waals surface area contributed by atoms with Crippen LogP contribution in [0.4, 0.5) is 4.39 Å². The molecule has 4 rings (SSSR count). The number of hydrogen-bond donors (Lipinski definition) is 1. The Balaban J connectivity index is 1.57. The third-order valence-corrected chi connectivity index (χ3v) is 6.52. The van der Waals surface area contributed by atoms with Gasteiger partial charge in [0.2, 0.25) is 0 Å². The van der Waals surface area contributed by atoms with E-state index < -0.39 is 11.6 Å². The summed E-state index contributed by atoms with van der Waals surface area (Å²) in [6, 6.07) is 10.2. The second-order valence-corrected chi connectivity index (χ2v) is 8.19. The second-order valence-electron chi connectivity index (χ2n) is 8.19. The maximum Gasteiger partial charge on any atom is 0.338 e. The monoisotopic (exact) mass is 395 g/mol. The van der Waals surface area contributed by atoms with Gasteiger partial charge in [-0.25, -0.2) is 9.18 Å². The number of cyclic esters (lactones) is 1. The number of esters is 1. The van der Waals surface area contributed by atoms with Crippen molar-refractivity contribution >= 4 is 12.0 Å². The third-order valence-electron chi connectivity index (χ3n) is 6.52. The summed E-state index contributed by atoms with van der Waals surface area (Å²) >= 11 is 0. The lowest BCUT2D eigenvalue weighted by atomic mass is 9.62. The van der Waals surface area contributed by atoms with Gasteiger partial charge in [0.1, 0.15) is 11.9 Å². The van der Waals surface area contributed by atoms with Crippen molar-refractivity contribution in [2.45, 2.75) is 44.8 Å². The van der Waals surface area contributed by atoms with E-state index in [0.29, 0.717) is 12.3 Å². The number of benzene rings is 1. The van der Waals surface area contributed by atoms with Crippen LogP contribution in [0.2, 0.25) is 0 Å². The molecule has 0 spiro atoms. The van der Waals surface area contributed by atoms with Crippen molar-refractivity contribution in [1.82, 2.24) is 4.98 Å². The van der Waals surface area contributed by atoms with Gasteiger partial charge >= 0.3 is 5.97 Å². The molecule has 1 aliphatic heterocycles. The van der Waals surface area contributed by atoms with Crippen LogP contribution in [0.25, 0.3) is 17.2 Å². The predicted octanol–water partition coefficient (Wildman–Crippen LogP) is 4.63. The predicted molar refractivity (Wildman–Crippen MR) is 109 cm³/mol. The number of allylic oxidation sites excluding steroid dienone is 1. The maximum absolute atomic E-state index is 13.4. The highest BCUT2D eigenvalue weighted by Gasteiger charge is 2.60. The normalized spacial score (nSPS) is 31.7. The molecular weight excluding hydrogens is 369 g/mol. The molecule has 0 radical (unpaired) electrons. The number of aromatic nitrogens is 1. The number of fused-ring (bicyclic) bond motifs is 1. The number of hydrogen-bond acceptors (Lipinski definition) is 4. The van der Waals surface area contributed by atoms with Gasteiger partial charge in [0.05, 0.1) is 5.69 Å². The van der Waals surface area contributed by atoms with E-state index in [9.17, 15) is 14.3 Å². The summed E-state index contributed by atoms with van der Waals surface area (Å²) in [7, 11) is 0. The summed E-state index contributed by atoms with van der Waals surface area (Å²) < 4.78 is 18.8. The summed E-state index contributed by atoms with van der Waals surface area (Å²) in [6.07, 6.45) is 7.69. The minimum atomic E-state index is -1.38. The Hall–Kier alpha value is -2.53. The Morgan fingerprint density at radius 1 is 1.31 bits per heavy atom. The van der Waals surface area contributed by atoms with E-state index in [4.69, 9.17) is 4.74 Å². The van der Waals surface area contributed by atoms with Crippen molar-refractivity contribution in [1.29, 1.82) is 0 Å². The molecule has 2 aromatic rings. The summed E-state index contributed by atoms with van der Waals surface area (Å²) in [5, 5.41) is 11.0. The minimum absolute atomic E-state index is 0.0462. The molecule has 5 heteroatoms. The topological polar surface area (TPSA) is 59.4 Å². The van der Waals surface area contributed by atoms with E-state index in [-0.39, 0.29) is 23.8 Å². The van der Waals surface area contributed by atoms with E-state index in [1.165, 1.54) is 12.1 Å². The number of halogens is 1. The Morgan fingerprint density at radius 2 is 2.14 bits per heavy atom. The highest BCUT2D eigenvalue weighted by molar-refractivity contribution is 5.82. The lowest BCUT2D eigenvalue weighted by Crippen LogP contribution is -2.50. The summed E-state index contributed by atoms with van der Waals surface area (Å²) in [6.45, 7) is 4.01. The molecule has 0 bridgehead atoms. The number of pyridine rings is 1. The number of carbonyl (C=O) groups is 1. The average molecular weight is 395 g/mol. The molecule has 1 aromatic carbocycles. The number of ether oxygens (including phenoxy) is 1. The van der Waals surface area contributed by atoms with E-state index in [0.717, 1.165) is 29.7 Å². The van der Waals surface area contributed by atoms with E-state index in [1.807, 2.05) is 31.2 Å². The molecule has 1 N–H and O–H groups in total. The van der Waals surface area contributed by atoms with Gasteiger partial charge in [-0.15, -0.1) is 0 Å². The first kappa shape index (κ1) is 19.8. The van der Waals surface area contributed by atoms with Crippen molar-refractivity contribution in [2.24, 2.45) is 17.8 Å². The van der Waals surface area contributed by atoms with E-state index >= 15 is 0 Å². The minimum Gasteiger partial charge on any atom is -0.460 e. The van der Waals surface area contributed by atoms with Crippen molar-refractivity contribution in [2.75, 3.05) is 0 Å². The zero-order chi connectivity index (χ0) is 20.6. The third kappa shape index (κ3) is 3.60. The average Bonchev–Trinajstić information content (AvgIpc) is 2.95. The zero-order valence-corrected chi connectivity index (χ0v) is 16.7. The Bertz CT molecular complexity index is 926. The molecule has 29 heavy (non-hydrogen) atoms. The SMILES string of the molecule is CCC1CCC2(O)C(=O)OC(C)C2C1/C=C/c1ccc(-c2cccc(F)c2)cn1. The van der Waals surface area contributed by atoms with Gasteiger partial charge in [-0.2, -0.15) is 0 Å². The molecule has 1 aromatic heterocycles. The Morgan fingerprint density at radius 3 is 2.83 bits per heavy atom. The van der Waals surface area contributed by atoms with Gasteiger partial charge in [-0.3, -0.25) is 4.98 Å². The van der Waals surface area contributed by atoms with Crippen LogP contribution in [0.3, 0.4) is 0 Å². The van der Waals surface area contributed by atoms with Crippen LogP contribution in [-0.4, -0.2) is 27.8 Å². The van der Waals surface area contributed by atoms with Crippen molar-refractivity contribution in [3.8, 4) is 11.1 Å². The highest BCUT2D eigenvalue weighted by Crippen LogP contribution is 2.50.